The lowest BCUT2D eigenvalue weighted by atomic mass is 9.98. The summed E-state index contributed by atoms with van der Waals surface area (Å²) in [4.78, 5) is 43.1. The highest BCUT2D eigenvalue weighted by Gasteiger charge is 2.38. The molecule has 0 unspecified atom stereocenters. The molecule has 7 rings (SSSR count). The van der Waals surface area contributed by atoms with Crippen LogP contribution in [-0.2, 0) is 22.7 Å². The number of carbonyl (C=O) groups is 3. The van der Waals surface area contributed by atoms with Gasteiger partial charge in [-0.05, 0) is 43.5 Å². The fourth-order valence-corrected chi connectivity index (χ4v) is 5.95. The third-order valence-electron chi connectivity index (χ3n) is 7.71. The molecule has 0 spiro atoms. The van der Waals surface area contributed by atoms with Crippen molar-refractivity contribution in [1.29, 1.82) is 0 Å². The molecule has 0 bridgehead atoms. The molecule has 0 saturated carbocycles. The van der Waals surface area contributed by atoms with Crippen LogP contribution in [0.2, 0.25) is 0 Å². The second-order valence-corrected chi connectivity index (χ2v) is 10.1. The number of halogens is 1. The van der Waals surface area contributed by atoms with Crippen molar-refractivity contribution in [3.05, 3.63) is 59.2 Å². The van der Waals surface area contributed by atoms with Gasteiger partial charge in [-0.2, -0.15) is 5.10 Å². The van der Waals surface area contributed by atoms with Crippen LogP contribution in [-0.4, -0.2) is 62.0 Å². The quantitative estimate of drug-likeness (QED) is 0.373. The molecule has 0 atom stereocenters. The first-order valence-corrected chi connectivity index (χ1v) is 12.9. The van der Waals surface area contributed by atoms with E-state index in [-0.39, 0.29) is 53.1 Å². The molecular formula is C28H24FN5O4. The average molecular weight is 514 g/mol. The second kappa shape index (κ2) is 8.61. The van der Waals surface area contributed by atoms with Crippen LogP contribution in [0.25, 0.3) is 33.0 Å². The van der Waals surface area contributed by atoms with Gasteiger partial charge in [-0.15, -0.1) is 0 Å². The first kappa shape index (κ1) is 22.8. The molecule has 38 heavy (non-hydrogen) atoms. The third kappa shape index (κ3) is 3.47. The molecule has 2 aromatic heterocycles. The summed E-state index contributed by atoms with van der Waals surface area (Å²) in [6, 6.07) is 9.85. The summed E-state index contributed by atoms with van der Waals surface area (Å²) in [7, 11) is 0. The maximum absolute atomic E-state index is 15.0. The smallest absolute Gasteiger partial charge is 0.320 e. The number of carbonyl (C=O) groups excluding carboxylic acids is 3. The molecule has 1 fully saturated rings. The van der Waals surface area contributed by atoms with Crippen LogP contribution in [0.5, 0.6) is 0 Å². The van der Waals surface area contributed by atoms with Gasteiger partial charge >= 0.3 is 6.03 Å². The Morgan fingerprint density at radius 3 is 2.45 bits per heavy atom. The number of fused-ring (bicyclic) bond motifs is 1. The van der Waals surface area contributed by atoms with Gasteiger partial charge in [0.05, 0.1) is 29.6 Å². The number of allylic oxidation sites excluding steroid dienone is 2. The van der Waals surface area contributed by atoms with E-state index in [1.54, 1.807) is 33.8 Å². The molecule has 9 nitrogen and oxygen atoms in total. The summed E-state index contributed by atoms with van der Waals surface area (Å²) in [6.07, 6.45) is 2.79. The van der Waals surface area contributed by atoms with E-state index in [0.717, 1.165) is 32.4 Å². The Bertz CT molecular complexity index is 1690. The maximum atomic E-state index is 15.0. The fraction of sp³-hybridized carbons (Fsp3) is 0.321. The zero-order valence-corrected chi connectivity index (χ0v) is 20.6. The number of piperidine rings is 1. The Hall–Kier alpha value is -4.34. The second-order valence-electron chi connectivity index (χ2n) is 10.1. The van der Waals surface area contributed by atoms with Gasteiger partial charge in [0.25, 0.3) is 0 Å². The molecule has 10 heteroatoms. The lowest BCUT2D eigenvalue weighted by Crippen LogP contribution is -2.45. The normalized spacial score (nSPS) is 18.2. The summed E-state index contributed by atoms with van der Waals surface area (Å²) in [5, 5.41) is 9.92. The van der Waals surface area contributed by atoms with Crippen molar-refractivity contribution in [2.24, 2.45) is 0 Å². The summed E-state index contributed by atoms with van der Waals surface area (Å²) in [5.74, 6) is -1.24. The number of aromatic nitrogens is 3. The number of hydrogen-bond donors (Lipinski definition) is 0. The van der Waals surface area contributed by atoms with Gasteiger partial charge in [0.1, 0.15) is 17.2 Å². The van der Waals surface area contributed by atoms with Crippen molar-refractivity contribution in [1.82, 2.24) is 24.7 Å². The van der Waals surface area contributed by atoms with Crippen LogP contribution < -0.4 is 0 Å². The van der Waals surface area contributed by atoms with E-state index in [2.05, 4.69) is 5.16 Å². The lowest BCUT2D eigenvalue weighted by Gasteiger charge is -2.32. The molecule has 2 amide bonds. The molecule has 0 N–H and O–H groups in total. The summed E-state index contributed by atoms with van der Waals surface area (Å²) >= 11 is 0. The van der Waals surface area contributed by atoms with Crippen LogP contribution in [0.4, 0.5) is 9.18 Å². The zero-order valence-electron chi connectivity index (χ0n) is 20.6. The first-order valence-electron chi connectivity index (χ1n) is 12.9. The van der Waals surface area contributed by atoms with Crippen LogP contribution in [0.15, 0.2) is 40.9 Å². The summed E-state index contributed by atoms with van der Waals surface area (Å²) < 4.78 is 22.2. The van der Waals surface area contributed by atoms with Crippen molar-refractivity contribution in [3.8, 4) is 0 Å². The number of hydrogen-bond acceptors (Lipinski definition) is 6. The van der Waals surface area contributed by atoms with E-state index >= 15 is 4.39 Å². The highest BCUT2D eigenvalue weighted by molar-refractivity contribution is 6.52. The largest absolute Gasteiger partial charge is 0.356 e. The molecule has 0 radical (unpaired) electrons. The Balaban J connectivity index is 1.37. The Labute approximate surface area is 216 Å². The molecule has 2 aromatic carbocycles. The molecule has 192 valence electrons. The minimum atomic E-state index is -0.494. The monoisotopic (exact) mass is 513 g/mol. The van der Waals surface area contributed by atoms with Gasteiger partial charge in [-0.1, -0.05) is 17.3 Å². The molecule has 2 aliphatic heterocycles. The van der Waals surface area contributed by atoms with Crippen LogP contribution in [0.3, 0.4) is 0 Å². The van der Waals surface area contributed by atoms with Crippen molar-refractivity contribution in [3.63, 3.8) is 0 Å². The summed E-state index contributed by atoms with van der Waals surface area (Å²) in [6.45, 7) is 2.47. The Kier molecular flexibility index (Phi) is 5.17. The first-order chi connectivity index (χ1) is 18.5. The minimum absolute atomic E-state index is 0.0486. The average Bonchev–Trinajstić information content (AvgIpc) is 3.54. The number of benzene rings is 2. The highest BCUT2D eigenvalue weighted by Crippen LogP contribution is 2.40. The van der Waals surface area contributed by atoms with Gasteiger partial charge in [0.2, 0.25) is 0 Å². The molecule has 4 aromatic rings. The Morgan fingerprint density at radius 2 is 1.63 bits per heavy atom. The van der Waals surface area contributed by atoms with Gasteiger partial charge < -0.3 is 14.3 Å². The number of amides is 2. The predicted molar refractivity (Wildman–Crippen MR) is 136 cm³/mol. The van der Waals surface area contributed by atoms with Crippen LogP contribution in [0.1, 0.15) is 42.6 Å². The lowest BCUT2D eigenvalue weighted by molar-refractivity contribution is -0.119. The highest BCUT2D eigenvalue weighted by atomic mass is 19.1. The molecule has 1 aliphatic carbocycles. The predicted octanol–water partition coefficient (Wildman–Crippen LogP) is 4.19. The number of Topliss-reactive ketones (excluding diaryl/α,β-unsaturated/α-hetero) is 2. The number of urea groups is 1. The maximum Gasteiger partial charge on any atom is 0.320 e. The van der Waals surface area contributed by atoms with Crippen LogP contribution in [0, 0.1) is 5.82 Å². The standard InChI is InChI=1S/C28H24FN5O4/c29-17-12-16-15-33(28(37)32-8-4-1-5-9-32)10-11-34-27(16)19(13-17)25(30-34)23-20(35)14-21(36)24(23)26-18-6-2-3-7-22(18)38-31-26/h2-3,6-7,12-13H,1,4-5,8-11,14-15H2. The van der Waals surface area contributed by atoms with E-state index in [1.165, 1.54) is 12.1 Å². The zero-order chi connectivity index (χ0) is 26.0. The molecule has 4 heterocycles. The van der Waals surface area contributed by atoms with Crippen molar-refractivity contribution in [2.75, 3.05) is 19.6 Å². The van der Waals surface area contributed by atoms with Gasteiger partial charge in [-0.25, -0.2) is 9.18 Å². The fourth-order valence-electron chi connectivity index (χ4n) is 5.95. The number of nitrogens with zero attached hydrogens (tertiary/aromatic N) is 5. The number of ketones is 2. The number of rotatable bonds is 2. The van der Waals surface area contributed by atoms with Crippen molar-refractivity contribution < 1.29 is 23.3 Å². The topological polar surface area (TPSA) is 102 Å². The molecule has 1 saturated heterocycles. The summed E-state index contributed by atoms with van der Waals surface area (Å²) in [5.41, 5.74) is 2.61. The van der Waals surface area contributed by atoms with E-state index in [9.17, 15) is 14.4 Å². The minimum Gasteiger partial charge on any atom is -0.356 e. The van der Waals surface area contributed by atoms with Gasteiger partial charge in [-0.3, -0.25) is 14.3 Å². The Morgan fingerprint density at radius 1 is 0.868 bits per heavy atom. The molecular weight excluding hydrogens is 489 g/mol. The number of likely N-dealkylation sites (tertiary alicyclic amines) is 1. The van der Waals surface area contributed by atoms with E-state index < -0.39 is 5.82 Å². The van der Waals surface area contributed by atoms with Gasteiger partial charge in [0, 0.05) is 42.5 Å². The van der Waals surface area contributed by atoms with E-state index in [4.69, 9.17) is 9.62 Å². The van der Waals surface area contributed by atoms with Crippen molar-refractivity contribution in [2.45, 2.75) is 38.8 Å². The SMILES string of the molecule is O=C1CC(=O)C(c2nn3c4c(cc(F)cc24)CN(C(=O)N2CCCCC2)CC3)=C1c1noc2ccccc12. The van der Waals surface area contributed by atoms with Gasteiger partial charge in [0.15, 0.2) is 17.1 Å². The van der Waals surface area contributed by atoms with Crippen molar-refractivity contribution >= 4 is 50.6 Å². The molecule has 3 aliphatic rings. The van der Waals surface area contributed by atoms with E-state index in [0.29, 0.717) is 40.5 Å². The van der Waals surface area contributed by atoms with E-state index in [1.807, 2.05) is 4.90 Å². The number of para-hydroxylation sites is 1. The van der Waals surface area contributed by atoms with Crippen LogP contribution >= 0.6 is 0 Å². The third-order valence-corrected chi connectivity index (χ3v) is 7.71.